The van der Waals surface area contributed by atoms with E-state index >= 15 is 0 Å². The van der Waals surface area contributed by atoms with E-state index < -0.39 is 0 Å². The highest BCUT2D eigenvalue weighted by Crippen LogP contribution is 2.28. The highest BCUT2D eigenvalue weighted by Gasteiger charge is 2.24. The Morgan fingerprint density at radius 2 is 1.88 bits per heavy atom. The lowest BCUT2D eigenvalue weighted by atomic mass is 10.0. The summed E-state index contributed by atoms with van der Waals surface area (Å²) in [5.74, 6) is 0.961. The third-order valence-electron chi connectivity index (χ3n) is 5.43. The molecule has 0 spiro atoms. The van der Waals surface area contributed by atoms with Gasteiger partial charge in [0.2, 0.25) is 0 Å². The number of nitrogens with zero attached hydrogens (tertiary/aromatic N) is 3. The largest absolute Gasteiger partial charge is 0.490 e. The quantitative estimate of drug-likeness (QED) is 0.719. The van der Waals surface area contributed by atoms with Crippen molar-refractivity contribution in [2.45, 2.75) is 38.8 Å². The molecule has 3 heterocycles. The molecule has 0 radical (unpaired) electrons. The van der Waals surface area contributed by atoms with Gasteiger partial charge in [-0.1, -0.05) is 18.2 Å². The molecule has 4 heteroatoms. The molecule has 3 aromatic rings. The van der Waals surface area contributed by atoms with E-state index in [-0.39, 0.29) is 0 Å². The number of piperidine rings is 1. The molecular formula is C21H25N3O. The molecular weight excluding hydrogens is 310 g/mol. The van der Waals surface area contributed by atoms with Crippen molar-refractivity contribution >= 4 is 5.52 Å². The minimum atomic E-state index is 0.319. The lowest BCUT2D eigenvalue weighted by Crippen LogP contribution is -2.41. The lowest BCUT2D eigenvalue weighted by Gasteiger charge is -2.35. The second-order valence-electron chi connectivity index (χ2n) is 7.12. The smallest absolute Gasteiger partial charge is 0.119 e. The van der Waals surface area contributed by atoms with Crippen molar-refractivity contribution < 1.29 is 4.74 Å². The van der Waals surface area contributed by atoms with Crippen LogP contribution in [-0.2, 0) is 0 Å². The van der Waals surface area contributed by atoms with Crippen LogP contribution in [0.4, 0.5) is 0 Å². The summed E-state index contributed by atoms with van der Waals surface area (Å²) in [7, 11) is 2.19. The van der Waals surface area contributed by atoms with Crippen LogP contribution in [0, 0.1) is 6.92 Å². The molecule has 0 amide bonds. The maximum atomic E-state index is 6.21. The van der Waals surface area contributed by atoms with E-state index in [0.29, 0.717) is 12.1 Å². The summed E-state index contributed by atoms with van der Waals surface area (Å²) in [6.45, 7) is 5.49. The third-order valence-corrected chi connectivity index (χ3v) is 5.43. The molecule has 0 aliphatic carbocycles. The number of aromatic nitrogens is 2. The van der Waals surface area contributed by atoms with Gasteiger partial charge >= 0.3 is 0 Å². The predicted molar refractivity (Wildman–Crippen MR) is 101 cm³/mol. The average Bonchev–Trinajstić information content (AvgIpc) is 3.09. The van der Waals surface area contributed by atoms with E-state index in [4.69, 9.17) is 4.74 Å². The maximum absolute atomic E-state index is 6.21. The van der Waals surface area contributed by atoms with Crippen molar-refractivity contribution in [3.63, 3.8) is 0 Å². The number of fused-ring (bicyclic) bond motifs is 1. The number of hydrogen-bond acceptors (Lipinski definition) is 3. The minimum Gasteiger partial charge on any atom is -0.490 e. The Hall–Kier alpha value is -2.33. The fourth-order valence-corrected chi connectivity index (χ4v) is 3.69. The van der Waals surface area contributed by atoms with Crippen LogP contribution in [0.15, 0.2) is 48.7 Å². The molecule has 1 saturated heterocycles. The molecule has 1 aliphatic heterocycles. The summed E-state index contributed by atoms with van der Waals surface area (Å²) in [5.41, 5.74) is 4.67. The molecule has 0 saturated carbocycles. The van der Waals surface area contributed by atoms with Crippen LogP contribution in [0.5, 0.6) is 5.75 Å². The molecule has 1 aromatic carbocycles. The number of ether oxygens (including phenoxy) is 1. The van der Waals surface area contributed by atoms with Gasteiger partial charge in [0.25, 0.3) is 0 Å². The Balaban J connectivity index is 1.52. The molecule has 1 aliphatic rings. The number of benzene rings is 1. The fraction of sp³-hybridized carbons (Fsp3) is 0.381. The number of aryl methyl sites for hydroxylation is 1. The Bertz CT molecular complexity index is 868. The molecule has 130 valence electrons. The van der Waals surface area contributed by atoms with Crippen LogP contribution in [0.25, 0.3) is 16.6 Å². The number of hydrogen-bond donors (Lipinski definition) is 0. The number of likely N-dealkylation sites (tertiary alicyclic amines) is 1. The predicted octanol–water partition coefficient (Wildman–Crippen LogP) is 4.17. The Morgan fingerprint density at radius 3 is 2.64 bits per heavy atom. The van der Waals surface area contributed by atoms with Gasteiger partial charge in [-0.3, -0.25) is 0 Å². The van der Waals surface area contributed by atoms with Gasteiger partial charge in [-0.25, -0.2) is 4.52 Å². The van der Waals surface area contributed by atoms with Crippen molar-refractivity contribution in [3.8, 4) is 16.9 Å². The average molecular weight is 335 g/mol. The van der Waals surface area contributed by atoms with Gasteiger partial charge in [0.15, 0.2) is 0 Å². The van der Waals surface area contributed by atoms with E-state index in [2.05, 4.69) is 67.3 Å². The molecule has 0 N–H and O–H groups in total. The van der Waals surface area contributed by atoms with Crippen LogP contribution in [0.3, 0.4) is 0 Å². The van der Waals surface area contributed by atoms with Gasteiger partial charge in [-0.15, -0.1) is 0 Å². The summed E-state index contributed by atoms with van der Waals surface area (Å²) < 4.78 is 8.19. The van der Waals surface area contributed by atoms with E-state index in [1.165, 1.54) is 11.1 Å². The zero-order valence-corrected chi connectivity index (χ0v) is 15.1. The van der Waals surface area contributed by atoms with E-state index in [9.17, 15) is 0 Å². The molecule has 25 heavy (non-hydrogen) atoms. The molecule has 4 nitrogen and oxygen atoms in total. The summed E-state index contributed by atoms with van der Waals surface area (Å²) in [6, 6.07) is 15.4. The topological polar surface area (TPSA) is 29.8 Å². The lowest BCUT2D eigenvalue weighted by molar-refractivity contribution is 0.0791. The SMILES string of the molecule is Cc1c(-c2ccc(OC3CCN(C)C(C)C3)cc2)ccc2ccnn12. The van der Waals surface area contributed by atoms with Gasteiger partial charge in [0, 0.05) is 30.0 Å². The van der Waals surface area contributed by atoms with Gasteiger partial charge < -0.3 is 9.64 Å². The maximum Gasteiger partial charge on any atom is 0.119 e. The minimum absolute atomic E-state index is 0.319. The van der Waals surface area contributed by atoms with Crippen LogP contribution in [0.1, 0.15) is 25.5 Å². The van der Waals surface area contributed by atoms with Crippen LogP contribution in [0.2, 0.25) is 0 Å². The normalized spacial score (nSPS) is 21.6. The molecule has 0 bridgehead atoms. The summed E-state index contributed by atoms with van der Waals surface area (Å²) in [5, 5.41) is 4.40. The second kappa shape index (κ2) is 6.52. The first-order chi connectivity index (χ1) is 12.1. The molecule has 4 rings (SSSR count). The third kappa shape index (κ3) is 3.14. The Labute approximate surface area is 149 Å². The van der Waals surface area contributed by atoms with Gasteiger partial charge in [0.05, 0.1) is 5.52 Å². The van der Waals surface area contributed by atoms with Crippen molar-refractivity contribution in [2.75, 3.05) is 13.6 Å². The van der Waals surface area contributed by atoms with Crippen LogP contribution in [-0.4, -0.2) is 40.3 Å². The Kier molecular flexibility index (Phi) is 4.22. The van der Waals surface area contributed by atoms with Crippen molar-refractivity contribution in [3.05, 3.63) is 54.4 Å². The second-order valence-corrected chi connectivity index (χ2v) is 7.12. The number of pyridine rings is 1. The summed E-state index contributed by atoms with van der Waals surface area (Å²) in [6.07, 6.45) is 4.34. The van der Waals surface area contributed by atoms with Gasteiger partial charge in [-0.05, 0) is 63.6 Å². The molecule has 2 unspecified atom stereocenters. The summed E-state index contributed by atoms with van der Waals surface area (Å²) in [4.78, 5) is 2.40. The Morgan fingerprint density at radius 1 is 1.08 bits per heavy atom. The monoisotopic (exact) mass is 335 g/mol. The van der Waals surface area contributed by atoms with Crippen molar-refractivity contribution in [1.82, 2.24) is 14.5 Å². The van der Waals surface area contributed by atoms with Gasteiger partial charge in [0.1, 0.15) is 11.9 Å². The molecule has 2 aromatic heterocycles. The first kappa shape index (κ1) is 16.2. The van der Waals surface area contributed by atoms with E-state index in [1.807, 2.05) is 16.8 Å². The zero-order chi connectivity index (χ0) is 17.4. The van der Waals surface area contributed by atoms with Crippen LogP contribution >= 0.6 is 0 Å². The summed E-state index contributed by atoms with van der Waals surface area (Å²) >= 11 is 0. The van der Waals surface area contributed by atoms with E-state index in [1.54, 1.807) is 0 Å². The van der Waals surface area contributed by atoms with Crippen LogP contribution < -0.4 is 4.74 Å². The number of rotatable bonds is 3. The molecule has 1 fully saturated rings. The fourth-order valence-electron chi connectivity index (χ4n) is 3.69. The zero-order valence-electron chi connectivity index (χ0n) is 15.1. The highest BCUT2D eigenvalue weighted by molar-refractivity contribution is 5.69. The first-order valence-corrected chi connectivity index (χ1v) is 9.02. The highest BCUT2D eigenvalue weighted by atomic mass is 16.5. The van der Waals surface area contributed by atoms with Crippen molar-refractivity contribution in [1.29, 1.82) is 0 Å². The van der Waals surface area contributed by atoms with Gasteiger partial charge in [-0.2, -0.15) is 5.10 Å². The van der Waals surface area contributed by atoms with E-state index in [0.717, 1.165) is 36.3 Å². The van der Waals surface area contributed by atoms with Crippen molar-refractivity contribution in [2.24, 2.45) is 0 Å². The standard InChI is InChI=1S/C21H25N3O/c1-15-14-20(11-13-23(15)3)25-19-7-4-17(5-8-19)21-9-6-18-10-12-22-24(18)16(21)2/h4-10,12,15,20H,11,13-14H2,1-3H3. The first-order valence-electron chi connectivity index (χ1n) is 9.02. The molecule has 2 atom stereocenters.